The largest absolute Gasteiger partial charge is 0.490 e. The lowest BCUT2D eigenvalue weighted by molar-refractivity contribution is 0.363. The average Bonchev–Trinajstić information content (AvgIpc) is 2.52. The normalized spacial score (nSPS) is 9.71. The van der Waals surface area contributed by atoms with Crippen molar-refractivity contribution in [3.05, 3.63) is 71.3 Å². The maximum atomic E-state index is 9.07. The topological polar surface area (TPSA) is 45.0 Å². The Morgan fingerprint density at radius 2 is 2.00 bits per heavy atom. The molecule has 0 saturated carbocycles. The highest BCUT2D eigenvalue weighted by Crippen LogP contribution is 2.21. The van der Waals surface area contributed by atoms with Crippen LogP contribution in [0.3, 0.4) is 0 Å². The van der Waals surface area contributed by atoms with Crippen molar-refractivity contribution < 1.29 is 4.74 Å². The molecule has 0 amide bonds. The van der Waals surface area contributed by atoms with Crippen LogP contribution in [0.25, 0.3) is 0 Å². The molecule has 0 aliphatic rings. The Labute approximate surface area is 129 Å². The van der Waals surface area contributed by atoms with E-state index >= 15 is 0 Å². The second kappa shape index (κ2) is 7.37. The average molecular weight is 299 g/mol. The Morgan fingerprint density at radius 1 is 1.24 bits per heavy atom. The molecule has 0 fully saturated rings. The first-order valence-corrected chi connectivity index (χ1v) is 6.87. The number of benzene rings is 2. The molecule has 0 heterocycles. The molecule has 106 valence electrons. The fraction of sp³-hybridized carbons (Fsp3) is 0.118. The zero-order valence-electron chi connectivity index (χ0n) is 11.5. The Hall–Kier alpha value is -2.44. The molecule has 0 saturated heterocycles. The molecule has 21 heavy (non-hydrogen) atoms. The van der Waals surface area contributed by atoms with Gasteiger partial charge in [-0.25, -0.2) is 0 Å². The van der Waals surface area contributed by atoms with Crippen LogP contribution in [0.2, 0.25) is 5.02 Å². The lowest BCUT2D eigenvalue weighted by Crippen LogP contribution is -2.01. The third-order valence-electron chi connectivity index (χ3n) is 2.88. The van der Waals surface area contributed by atoms with E-state index in [1.54, 1.807) is 24.3 Å². The fourth-order valence-corrected chi connectivity index (χ4v) is 1.99. The highest BCUT2D eigenvalue weighted by molar-refractivity contribution is 6.30. The van der Waals surface area contributed by atoms with E-state index in [-0.39, 0.29) is 0 Å². The first kappa shape index (κ1) is 15.0. The van der Waals surface area contributed by atoms with Gasteiger partial charge < -0.3 is 10.1 Å². The summed E-state index contributed by atoms with van der Waals surface area (Å²) in [7, 11) is 0. The van der Waals surface area contributed by atoms with Crippen LogP contribution in [-0.4, -0.2) is 6.61 Å². The van der Waals surface area contributed by atoms with Gasteiger partial charge in [-0.2, -0.15) is 5.26 Å². The van der Waals surface area contributed by atoms with Gasteiger partial charge in [0.2, 0.25) is 0 Å². The summed E-state index contributed by atoms with van der Waals surface area (Å²) in [6.07, 6.45) is 1.71. The van der Waals surface area contributed by atoms with E-state index in [1.807, 2.05) is 24.3 Å². The molecule has 0 bridgehead atoms. The molecule has 0 radical (unpaired) electrons. The van der Waals surface area contributed by atoms with Crippen molar-refractivity contribution in [1.29, 1.82) is 5.26 Å². The maximum absolute atomic E-state index is 9.07. The molecule has 2 rings (SSSR count). The van der Waals surface area contributed by atoms with Crippen molar-refractivity contribution in [2.24, 2.45) is 0 Å². The summed E-state index contributed by atoms with van der Waals surface area (Å²) >= 11 is 5.95. The van der Waals surface area contributed by atoms with E-state index in [0.717, 1.165) is 17.0 Å². The smallest absolute Gasteiger partial charge is 0.119 e. The molecule has 0 aromatic heterocycles. The highest BCUT2D eigenvalue weighted by Gasteiger charge is 2.03. The maximum Gasteiger partial charge on any atom is 0.119 e. The molecule has 4 heteroatoms. The molecule has 3 nitrogen and oxygen atoms in total. The number of ether oxygens (including phenoxy) is 1. The second-order valence-electron chi connectivity index (χ2n) is 4.40. The highest BCUT2D eigenvalue weighted by atomic mass is 35.5. The van der Waals surface area contributed by atoms with E-state index in [4.69, 9.17) is 21.6 Å². The van der Waals surface area contributed by atoms with E-state index in [0.29, 0.717) is 23.7 Å². The molecule has 0 aliphatic carbocycles. The van der Waals surface area contributed by atoms with E-state index in [2.05, 4.69) is 18.0 Å². The summed E-state index contributed by atoms with van der Waals surface area (Å²) in [5, 5.41) is 12.9. The van der Waals surface area contributed by atoms with Crippen molar-refractivity contribution in [3.63, 3.8) is 0 Å². The SMILES string of the molecule is C=CCOc1ccc(CNc2cc(Cl)ccc2C#N)cc1. The number of halogens is 1. The van der Waals surface area contributed by atoms with E-state index < -0.39 is 0 Å². The lowest BCUT2D eigenvalue weighted by Gasteiger charge is -2.09. The van der Waals surface area contributed by atoms with Crippen LogP contribution in [-0.2, 0) is 6.54 Å². The Kier molecular flexibility index (Phi) is 5.25. The van der Waals surface area contributed by atoms with E-state index in [9.17, 15) is 0 Å². The number of nitriles is 1. The number of nitrogens with one attached hydrogen (secondary N) is 1. The van der Waals surface area contributed by atoms with Gasteiger partial charge in [0.15, 0.2) is 0 Å². The Balaban J connectivity index is 2.01. The summed E-state index contributed by atoms with van der Waals surface area (Å²) in [4.78, 5) is 0. The third-order valence-corrected chi connectivity index (χ3v) is 3.11. The van der Waals surface area contributed by atoms with Gasteiger partial charge in [0, 0.05) is 11.6 Å². The van der Waals surface area contributed by atoms with Crippen molar-refractivity contribution >= 4 is 17.3 Å². The summed E-state index contributed by atoms with van der Waals surface area (Å²) in [5.74, 6) is 0.805. The molecule has 2 aromatic rings. The summed E-state index contributed by atoms with van der Waals surface area (Å²) < 4.78 is 5.43. The summed E-state index contributed by atoms with van der Waals surface area (Å²) in [6.45, 7) is 4.71. The van der Waals surface area contributed by atoms with Crippen LogP contribution < -0.4 is 10.1 Å². The van der Waals surface area contributed by atoms with Gasteiger partial charge in [-0.3, -0.25) is 0 Å². The summed E-state index contributed by atoms with van der Waals surface area (Å²) in [5.41, 5.74) is 2.40. The second-order valence-corrected chi connectivity index (χ2v) is 4.84. The minimum Gasteiger partial charge on any atom is -0.490 e. The van der Waals surface area contributed by atoms with Gasteiger partial charge in [0.05, 0.1) is 11.3 Å². The van der Waals surface area contributed by atoms with Gasteiger partial charge in [0.25, 0.3) is 0 Å². The van der Waals surface area contributed by atoms with Crippen molar-refractivity contribution in [1.82, 2.24) is 0 Å². The van der Waals surface area contributed by atoms with Crippen LogP contribution in [0.1, 0.15) is 11.1 Å². The fourth-order valence-electron chi connectivity index (χ4n) is 1.82. The standard InChI is InChI=1S/C17H15ClN2O/c1-2-9-21-16-7-3-13(4-8-16)12-20-17-10-15(18)6-5-14(17)11-19/h2-8,10,20H,1,9,12H2. The first-order chi connectivity index (χ1) is 10.2. The molecule has 0 aliphatic heterocycles. The molecule has 0 spiro atoms. The molecular weight excluding hydrogens is 284 g/mol. The quantitative estimate of drug-likeness (QED) is 0.805. The number of hydrogen-bond donors (Lipinski definition) is 1. The molecule has 0 atom stereocenters. The van der Waals surface area contributed by atoms with Gasteiger partial charge in [-0.15, -0.1) is 0 Å². The number of nitrogens with zero attached hydrogens (tertiary/aromatic N) is 1. The van der Waals surface area contributed by atoms with Gasteiger partial charge >= 0.3 is 0 Å². The van der Waals surface area contributed by atoms with Crippen LogP contribution in [0, 0.1) is 11.3 Å². The minimum absolute atomic E-state index is 0.492. The first-order valence-electron chi connectivity index (χ1n) is 6.49. The molecular formula is C17H15ClN2O. The summed E-state index contributed by atoms with van der Waals surface area (Å²) in [6, 6.07) is 15.1. The van der Waals surface area contributed by atoms with Crippen LogP contribution in [0.15, 0.2) is 55.1 Å². The van der Waals surface area contributed by atoms with Crippen LogP contribution in [0.5, 0.6) is 5.75 Å². The van der Waals surface area contributed by atoms with Crippen molar-refractivity contribution in [2.75, 3.05) is 11.9 Å². The van der Waals surface area contributed by atoms with Crippen molar-refractivity contribution in [3.8, 4) is 11.8 Å². The minimum atomic E-state index is 0.492. The monoisotopic (exact) mass is 298 g/mol. The zero-order valence-corrected chi connectivity index (χ0v) is 12.2. The predicted octanol–water partition coefficient (Wildman–Crippen LogP) is 4.39. The lowest BCUT2D eigenvalue weighted by atomic mass is 10.1. The van der Waals surface area contributed by atoms with Crippen molar-refractivity contribution in [2.45, 2.75) is 6.54 Å². The third kappa shape index (κ3) is 4.27. The zero-order chi connectivity index (χ0) is 15.1. The van der Waals surface area contributed by atoms with Crippen LogP contribution >= 0.6 is 11.6 Å². The number of rotatable bonds is 6. The molecule has 1 N–H and O–H groups in total. The van der Waals surface area contributed by atoms with Gasteiger partial charge in [-0.1, -0.05) is 36.4 Å². The Bertz CT molecular complexity index is 659. The van der Waals surface area contributed by atoms with E-state index in [1.165, 1.54) is 0 Å². The molecule has 0 unspecified atom stereocenters. The molecule has 2 aromatic carbocycles. The van der Waals surface area contributed by atoms with Crippen LogP contribution in [0.4, 0.5) is 5.69 Å². The predicted molar refractivity (Wildman–Crippen MR) is 85.6 cm³/mol. The van der Waals surface area contributed by atoms with Gasteiger partial charge in [0.1, 0.15) is 18.4 Å². The van der Waals surface area contributed by atoms with Gasteiger partial charge in [-0.05, 0) is 35.9 Å². The number of anilines is 1. The number of hydrogen-bond acceptors (Lipinski definition) is 3. The Morgan fingerprint density at radius 3 is 2.67 bits per heavy atom.